The molecule has 2 aromatic rings. The number of likely N-dealkylation sites (tertiary alicyclic amines) is 1. The van der Waals surface area contributed by atoms with Crippen molar-refractivity contribution in [3.8, 4) is 0 Å². The maximum absolute atomic E-state index is 11.7. The van der Waals surface area contributed by atoms with E-state index in [1.54, 1.807) is 7.11 Å². The predicted molar refractivity (Wildman–Crippen MR) is 97.6 cm³/mol. The molecule has 0 aliphatic carbocycles. The van der Waals surface area contributed by atoms with Crippen LogP contribution in [0.25, 0.3) is 10.9 Å². The summed E-state index contributed by atoms with van der Waals surface area (Å²) < 4.78 is 5.11. The number of pyridine rings is 1. The van der Waals surface area contributed by atoms with Crippen LogP contribution in [0.5, 0.6) is 0 Å². The molecule has 1 saturated heterocycles. The first-order chi connectivity index (χ1) is 12.0. The Kier molecular flexibility index (Phi) is 5.35. The molecule has 1 aromatic heterocycles. The number of aliphatic carboxylic acids is 1. The van der Waals surface area contributed by atoms with Gasteiger partial charge in [0.15, 0.2) is 0 Å². The third kappa shape index (κ3) is 3.99. The molecule has 25 heavy (non-hydrogen) atoms. The van der Waals surface area contributed by atoms with Crippen molar-refractivity contribution < 1.29 is 14.6 Å². The van der Waals surface area contributed by atoms with E-state index in [4.69, 9.17) is 4.74 Å². The first-order valence-electron chi connectivity index (χ1n) is 8.83. The summed E-state index contributed by atoms with van der Waals surface area (Å²) in [5.74, 6) is -0.684. The Morgan fingerprint density at radius 1 is 1.28 bits per heavy atom. The van der Waals surface area contributed by atoms with Crippen molar-refractivity contribution in [3.63, 3.8) is 0 Å². The zero-order valence-electron chi connectivity index (χ0n) is 15.0. The Balaban J connectivity index is 1.65. The van der Waals surface area contributed by atoms with Gasteiger partial charge in [-0.1, -0.05) is 12.1 Å². The number of hydrogen-bond acceptors (Lipinski definition) is 4. The molecular weight excluding hydrogens is 316 g/mol. The maximum Gasteiger partial charge on any atom is 0.309 e. The minimum Gasteiger partial charge on any atom is -0.481 e. The SMILES string of the molecule is COCCC1(C(=O)O)CCN(Cc2ccc3nc(C)ccc3c2)CC1. The Bertz CT molecular complexity index is 752. The molecule has 0 amide bonds. The molecule has 1 N–H and O–H groups in total. The van der Waals surface area contributed by atoms with Crippen LogP contribution in [0, 0.1) is 12.3 Å². The van der Waals surface area contributed by atoms with E-state index in [1.165, 1.54) is 5.56 Å². The lowest BCUT2D eigenvalue weighted by atomic mass is 9.76. The Hall–Kier alpha value is -1.98. The van der Waals surface area contributed by atoms with Crippen molar-refractivity contribution >= 4 is 16.9 Å². The Morgan fingerprint density at radius 3 is 2.72 bits per heavy atom. The van der Waals surface area contributed by atoms with E-state index in [0.717, 1.165) is 36.2 Å². The number of piperidine rings is 1. The second kappa shape index (κ2) is 7.50. The third-order valence-corrected chi connectivity index (χ3v) is 5.35. The minimum atomic E-state index is -0.684. The fraction of sp³-hybridized carbons (Fsp3) is 0.500. The van der Waals surface area contributed by atoms with Gasteiger partial charge in [-0.05, 0) is 63.0 Å². The molecule has 5 nitrogen and oxygen atoms in total. The van der Waals surface area contributed by atoms with Crippen LogP contribution >= 0.6 is 0 Å². The van der Waals surface area contributed by atoms with Crippen LogP contribution in [0.15, 0.2) is 30.3 Å². The highest BCUT2D eigenvalue weighted by atomic mass is 16.5. The number of hydrogen-bond donors (Lipinski definition) is 1. The lowest BCUT2D eigenvalue weighted by Crippen LogP contribution is -2.44. The van der Waals surface area contributed by atoms with Gasteiger partial charge in [0, 0.05) is 31.3 Å². The van der Waals surface area contributed by atoms with E-state index in [2.05, 4.69) is 34.1 Å². The van der Waals surface area contributed by atoms with E-state index in [0.29, 0.717) is 25.9 Å². The number of methoxy groups -OCH3 is 1. The summed E-state index contributed by atoms with van der Waals surface area (Å²) in [7, 11) is 1.63. The summed E-state index contributed by atoms with van der Waals surface area (Å²) >= 11 is 0. The van der Waals surface area contributed by atoms with E-state index in [1.807, 2.05) is 13.0 Å². The highest BCUT2D eigenvalue weighted by Crippen LogP contribution is 2.36. The fourth-order valence-corrected chi connectivity index (χ4v) is 3.64. The Morgan fingerprint density at radius 2 is 2.04 bits per heavy atom. The van der Waals surface area contributed by atoms with E-state index < -0.39 is 11.4 Å². The summed E-state index contributed by atoms with van der Waals surface area (Å²) in [6.07, 6.45) is 1.95. The number of aromatic nitrogens is 1. The lowest BCUT2D eigenvalue weighted by molar-refractivity contribution is -0.153. The molecule has 0 atom stereocenters. The molecule has 5 heteroatoms. The molecule has 134 valence electrons. The van der Waals surface area contributed by atoms with Crippen LogP contribution in [0.2, 0.25) is 0 Å². The smallest absolute Gasteiger partial charge is 0.309 e. The van der Waals surface area contributed by atoms with E-state index in [9.17, 15) is 9.90 Å². The summed E-state index contributed by atoms with van der Waals surface area (Å²) in [5.41, 5.74) is 2.67. The van der Waals surface area contributed by atoms with Gasteiger partial charge in [-0.25, -0.2) is 0 Å². The third-order valence-electron chi connectivity index (χ3n) is 5.35. The minimum absolute atomic E-state index is 0.503. The molecule has 1 aromatic carbocycles. The van der Waals surface area contributed by atoms with Gasteiger partial charge in [-0.2, -0.15) is 0 Å². The maximum atomic E-state index is 11.7. The Labute approximate surface area is 148 Å². The highest BCUT2D eigenvalue weighted by molar-refractivity contribution is 5.79. The quantitative estimate of drug-likeness (QED) is 0.873. The van der Waals surface area contributed by atoms with Gasteiger partial charge in [0.1, 0.15) is 0 Å². The average Bonchev–Trinajstić information content (AvgIpc) is 2.61. The molecule has 1 fully saturated rings. The summed E-state index contributed by atoms with van der Waals surface area (Å²) in [6.45, 7) is 4.97. The van der Waals surface area contributed by atoms with E-state index >= 15 is 0 Å². The topological polar surface area (TPSA) is 62.7 Å². The van der Waals surface area contributed by atoms with Gasteiger partial charge >= 0.3 is 5.97 Å². The number of carbonyl (C=O) groups is 1. The fourth-order valence-electron chi connectivity index (χ4n) is 3.64. The number of benzene rings is 1. The molecular formula is C20H26N2O3. The standard InChI is InChI=1S/C20H26N2O3/c1-15-3-5-17-13-16(4-6-18(17)21-15)14-22-10-7-20(8-11-22,19(23)24)9-12-25-2/h3-6,13H,7-12,14H2,1-2H3,(H,23,24). The zero-order chi connectivity index (χ0) is 17.9. The molecule has 0 saturated carbocycles. The second-order valence-electron chi connectivity index (χ2n) is 7.08. The van der Waals surface area contributed by atoms with Crippen LogP contribution in [-0.4, -0.2) is 47.8 Å². The molecule has 3 rings (SSSR count). The number of rotatable bonds is 6. The normalized spacial score (nSPS) is 17.7. The zero-order valence-corrected chi connectivity index (χ0v) is 15.0. The molecule has 1 aliphatic heterocycles. The van der Waals surface area contributed by atoms with Gasteiger partial charge in [0.2, 0.25) is 0 Å². The summed E-state index contributed by atoms with van der Waals surface area (Å²) in [6, 6.07) is 10.5. The number of carboxylic acids is 1. The molecule has 2 heterocycles. The van der Waals surface area contributed by atoms with Crippen LogP contribution in [0.3, 0.4) is 0 Å². The van der Waals surface area contributed by atoms with Crippen LogP contribution in [-0.2, 0) is 16.1 Å². The van der Waals surface area contributed by atoms with Crippen LogP contribution < -0.4 is 0 Å². The van der Waals surface area contributed by atoms with Crippen LogP contribution in [0.4, 0.5) is 0 Å². The molecule has 0 unspecified atom stereocenters. The highest BCUT2D eigenvalue weighted by Gasteiger charge is 2.40. The van der Waals surface area contributed by atoms with Gasteiger partial charge < -0.3 is 9.84 Å². The van der Waals surface area contributed by atoms with Crippen molar-refractivity contribution in [3.05, 3.63) is 41.6 Å². The largest absolute Gasteiger partial charge is 0.481 e. The predicted octanol–water partition coefficient (Wildman–Crippen LogP) is 3.25. The number of carboxylic acid groups (broad SMARTS) is 1. The average molecular weight is 342 g/mol. The number of ether oxygens (including phenoxy) is 1. The second-order valence-corrected chi connectivity index (χ2v) is 7.08. The van der Waals surface area contributed by atoms with Crippen molar-refractivity contribution in [1.82, 2.24) is 9.88 Å². The van der Waals surface area contributed by atoms with Gasteiger partial charge in [-0.15, -0.1) is 0 Å². The molecule has 0 bridgehead atoms. The number of aryl methyl sites for hydroxylation is 1. The first kappa shape index (κ1) is 17.8. The van der Waals surface area contributed by atoms with Crippen molar-refractivity contribution in [2.24, 2.45) is 5.41 Å². The monoisotopic (exact) mass is 342 g/mol. The lowest BCUT2D eigenvalue weighted by Gasteiger charge is -2.38. The molecule has 0 radical (unpaired) electrons. The van der Waals surface area contributed by atoms with Crippen LogP contribution in [0.1, 0.15) is 30.5 Å². The van der Waals surface area contributed by atoms with Gasteiger partial charge in [0.25, 0.3) is 0 Å². The van der Waals surface area contributed by atoms with Crippen molar-refractivity contribution in [2.45, 2.75) is 32.7 Å². The number of nitrogens with zero attached hydrogens (tertiary/aromatic N) is 2. The molecule has 0 spiro atoms. The summed E-state index contributed by atoms with van der Waals surface area (Å²) in [5, 5.41) is 10.8. The van der Waals surface area contributed by atoms with Gasteiger partial charge in [-0.3, -0.25) is 14.7 Å². The first-order valence-corrected chi connectivity index (χ1v) is 8.83. The summed E-state index contributed by atoms with van der Waals surface area (Å²) in [4.78, 5) is 18.6. The molecule has 1 aliphatic rings. The number of fused-ring (bicyclic) bond motifs is 1. The van der Waals surface area contributed by atoms with E-state index in [-0.39, 0.29) is 0 Å². The van der Waals surface area contributed by atoms with Crippen molar-refractivity contribution in [2.75, 3.05) is 26.8 Å². The van der Waals surface area contributed by atoms with Gasteiger partial charge in [0.05, 0.1) is 10.9 Å². The van der Waals surface area contributed by atoms with Crippen molar-refractivity contribution in [1.29, 1.82) is 0 Å².